The molecule has 2 amide bonds. The smallest absolute Gasteiger partial charge is 0.294 e. The minimum atomic E-state index is -0.467. The number of benzene rings is 3. The summed E-state index contributed by atoms with van der Waals surface area (Å²) in [6.45, 7) is 2.07. The number of aromatic nitrogens is 2. The van der Waals surface area contributed by atoms with Crippen LogP contribution >= 0.6 is 0 Å². The fourth-order valence-corrected chi connectivity index (χ4v) is 4.43. The Morgan fingerprint density at radius 3 is 2.44 bits per heavy atom. The number of anilines is 2. The van der Waals surface area contributed by atoms with Crippen molar-refractivity contribution in [1.82, 2.24) is 9.55 Å². The lowest BCUT2D eigenvalue weighted by Gasteiger charge is -2.23. The molecular formula is C27H24N4O3. The highest BCUT2D eigenvalue weighted by molar-refractivity contribution is 5.96. The Hall–Kier alpha value is -4.26. The Morgan fingerprint density at radius 2 is 1.65 bits per heavy atom. The van der Waals surface area contributed by atoms with Crippen molar-refractivity contribution < 1.29 is 9.59 Å². The first-order chi connectivity index (χ1) is 16.5. The molecule has 0 aliphatic carbocycles. The van der Waals surface area contributed by atoms with E-state index in [4.69, 9.17) is 0 Å². The number of carbonyl (C=O) groups is 2. The van der Waals surface area contributed by atoms with Crippen molar-refractivity contribution in [2.75, 3.05) is 16.3 Å². The van der Waals surface area contributed by atoms with Gasteiger partial charge >= 0.3 is 0 Å². The number of para-hydroxylation sites is 3. The lowest BCUT2D eigenvalue weighted by atomic mass is 10.2. The van der Waals surface area contributed by atoms with Crippen LogP contribution in [-0.2, 0) is 29.1 Å². The Bertz CT molecular complexity index is 1450. The maximum Gasteiger partial charge on any atom is 0.294 e. The number of nitrogens with zero attached hydrogens (tertiary/aromatic N) is 4. The SMILES string of the molecule is CC(=O)N(Cc1ccccc1)c1nc2ccccc2n(CC(=O)N2CCc3ccccc32)c1=O. The molecule has 3 aromatic carbocycles. The summed E-state index contributed by atoms with van der Waals surface area (Å²) in [4.78, 5) is 47.2. The quantitative estimate of drug-likeness (QED) is 0.464. The molecule has 0 bridgehead atoms. The van der Waals surface area contributed by atoms with Crippen molar-refractivity contribution in [1.29, 1.82) is 0 Å². The van der Waals surface area contributed by atoms with E-state index in [9.17, 15) is 14.4 Å². The van der Waals surface area contributed by atoms with E-state index >= 15 is 0 Å². The van der Waals surface area contributed by atoms with Crippen LogP contribution in [0.1, 0.15) is 18.1 Å². The van der Waals surface area contributed by atoms with Crippen molar-refractivity contribution in [2.45, 2.75) is 26.4 Å². The molecule has 7 nitrogen and oxygen atoms in total. The number of amides is 2. The molecule has 1 aliphatic rings. The van der Waals surface area contributed by atoms with Crippen LogP contribution in [0.4, 0.5) is 11.5 Å². The third-order valence-electron chi connectivity index (χ3n) is 6.14. The van der Waals surface area contributed by atoms with Crippen LogP contribution in [0.2, 0.25) is 0 Å². The van der Waals surface area contributed by atoms with Gasteiger partial charge in [0.05, 0.1) is 17.6 Å². The molecule has 0 N–H and O–H groups in total. The minimum absolute atomic E-state index is 0.0182. The van der Waals surface area contributed by atoms with Crippen molar-refractivity contribution >= 4 is 34.4 Å². The van der Waals surface area contributed by atoms with Gasteiger partial charge in [0.25, 0.3) is 5.56 Å². The van der Waals surface area contributed by atoms with E-state index < -0.39 is 5.56 Å². The molecule has 0 radical (unpaired) electrons. The van der Waals surface area contributed by atoms with Crippen LogP contribution < -0.4 is 15.4 Å². The monoisotopic (exact) mass is 452 g/mol. The largest absolute Gasteiger partial charge is 0.310 e. The molecule has 0 atom stereocenters. The van der Waals surface area contributed by atoms with Gasteiger partial charge in [-0.3, -0.25) is 23.9 Å². The maximum atomic E-state index is 13.7. The fourth-order valence-electron chi connectivity index (χ4n) is 4.43. The van der Waals surface area contributed by atoms with Gasteiger partial charge in [-0.1, -0.05) is 60.7 Å². The Kier molecular flexibility index (Phi) is 5.67. The van der Waals surface area contributed by atoms with Crippen LogP contribution in [0, 0.1) is 0 Å². The second-order valence-electron chi connectivity index (χ2n) is 8.33. The molecule has 170 valence electrons. The topological polar surface area (TPSA) is 75.5 Å². The predicted octanol–water partition coefficient (Wildman–Crippen LogP) is 3.54. The van der Waals surface area contributed by atoms with E-state index in [0.717, 1.165) is 23.2 Å². The highest BCUT2D eigenvalue weighted by Gasteiger charge is 2.26. The number of carbonyl (C=O) groups excluding carboxylic acids is 2. The van der Waals surface area contributed by atoms with Crippen molar-refractivity contribution in [3.05, 3.63) is 100 Å². The van der Waals surface area contributed by atoms with Gasteiger partial charge in [0.1, 0.15) is 6.54 Å². The molecule has 0 saturated heterocycles. The van der Waals surface area contributed by atoms with Crippen LogP contribution in [0.3, 0.4) is 0 Å². The number of fused-ring (bicyclic) bond motifs is 2. The van der Waals surface area contributed by atoms with E-state index in [1.54, 1.807) is 17.0 Å². The highest BCUT2D eigenvalue weighted by Crippen LogP contribution is 2.28. The fraction of sp³-hybridized carbons (Fsp3) is 0.185. The normalized spacial score (nSPS) is 12.6. The van der Waals surface area contributed by atoms with Crippen LogP contribution in [0.25, 0.3) is 11.0 Å². The Morgan fingerprint density at radius 1 is 0.941 bits per heavy atom. The lowest BCUT2D eigenvalue weighted by molar-refractivity contribution is -0.119. The first kappa shape index (κ1) is 21.6. The van der Waals surface area contributed by atoms with E-state index in [0.29, 0.717) is 17.6 Å². The second kappa shape index (κ2) is 8.94. The van der Waals surface area contributed by atoms with Gasteiger partial charge in [-0.2, -0.15) is 0 Å². The van der Waals surface area contributed by atoms with Gasteiger partial charge in [0.15, 0.2) is 0 Å². The molecule has 1 aromatic heterocycles. The van der Waals surface area contributed by atoms with Gasteiger partial charge in [0.2, 0.25) is 17.6 Å². The highest BCUT2D eigenvalue weighted by atomic mass is 16.2. The molecule has 4 aromatic rings. The van der Waals surface area contributed by atoms with Gasteiger partial charge in [0, 0.05) is 19.2 Å². The molecule has 0 spiro atoms. The molecule has 1 aliphatic heterocycles. The Balaban J connectivity index is 1.57. The van der Waals surface area contributed by atoms with Gasteiger partial charge < -0.3 is 4.90 Å². The van der Waals surface area contributed by atoms with Gasteiger partial charge in [-0.15, -0.1) is 0 Å². The number of hydrogen-bond acceptors (Lipinski definition) is 4. The Labute approximate surface area is 196 Å². The van der Waals surface area contributed by atoms with Crippen LogP contribution in [0.5, 0.6) is 0 Å². The van der Waals surface area contributed by atoms with E-state index in [1.807, 2.05) is 66.7 Å². The summed E-state index contributed by atoms with van der Waals surface area (Å²) in [5, 5.41) is 0. The third-order valence-corrected chi connectivity index (χ3v) is 6.14. The molecule has 0 saturated carbocycles. The lowest BCUT2D eigenvalue weighted by Crippen LogP contribution is -2.39. The van der Waals surface area contributed by atoms with Crippen LogP contribution in [-0.4, -0.2) is 27.9 Å². The molecular weight excluding hydrogens is 428 g/mol. The molecule has 0 fully saturated rings. The van der Waals surface area contributed by atoms with Crippen molar-refractivity contribution in [3.63, 3.8) is 0 Å². The van der Waals surface area contributed by atoms with E-state index in [1.165, 1.54) is 16.4 Å². The molecule has 2 heterocycles. The molecule has 5 rings (SSSR count). The number of hydrogen-bond donors (Lipinski definition) is 0. The summed E-state index contributed by atoms with van der Waals surface area (Å²) in [6, 6.07) is 24.4. The summed E-state index contributed by atoms with van der Waals surface area (Å²) < 4.78 is 1.43. The van der Waals surface area contributed by atoms with Gasteiger partial charge in [-0.25, -0.2) is 4.98 Å². The molecule has 0 unspecified atom stereocenters. The van der Waals surface area contributed by atoms with Crippen molar-refractivity contribution in [2.24, 2.45) is 0 Å². The summed E-state index contributed by atoms with van der Waals surface area (Å²) >= 11 is 0. The molecule has 34 heavy (non-hydrogen) atoms. The van der Waals surface area contributed by atoms with Crippen LogP contribution in [0.15, 0.2) is 83.7 Å². The summed E-state index contributed by atoms with van der Waals surface area (Å²) in [5.41, 5.74) is 3.52. The first-order valence-electron chi connectivity index (χ1n) is 11.2. The predicted molar refractivity (Wildman–Crippen MR) is 132 cm³/mol. The summed E-state index contributed by atoms with van der Waals surface area (Å²) in [7, 11) is 0. The zero-order valence-electron chi connectivity index (χ0n) is 18.8. The average Bonchev–Trinajstić information content (AvgIpc) is 3.29. The summed E-state index contributed by atoms with van der Waals surface area (Å²) in [5.74, 6) is -0.452. The van der Waals surface area contributed by atoms with Crippen molar-refractivity contribution in [3.8, 4) is 0 Å². The van der Waals surface area contributed by atoms with E-state index in [-0.39, 0.29) is 30.7 Å². The minimum Gasteiger partial charge on any atom is -0.310 e. The maximum absolute atomic E-state index is 13.7. The standard InChI is InChI=1S/C27H24N4O3/c1-19(32)30(17-20-9-3-2-4-10-20)26-27(34)31(24-14-8-6-12-22(24)28-26)18-25(33)29-16-15-21-11-5-7-13-23(21)29/h2-14H,15-18H2,1H3. The summed E-state index contributed by atoms with van der Waals surface area (Å²) in [6.07, 6.45) is 0.786. The average molecular weight is 453 g/mol. The van der Waals surface area contributed by atoms with Gasteiger partial charge in [-0.05, 0) is 35.7 Å². The third kappa shape index (κ3) is 3.96. The molecule has 7 heteroatoms. The zero-order chi connectivity index (χ0) is 23.7. The van der Waals surface area contributed by atoms with E-state index in [2.05, 4.69) is 4.98 Å². The second-order valence-corrected chi connectivity index (χ2v) is 8.33. The number of rotatable bonds is 5. The zero-order valence-corrected chi connectivity index (χ0v) is 18.8. The first-order valence-corrected chi connectivity index (χ1v) is 11.2.